The third-order valence-corrected chi connectivity index (χ3v) is 5.76. The van der Waals surface area contributed by atoms with Crippen LogP contribution in [0.2, 0.25) is 0 Å². The molecule has 2 N–H and O–H groups in total. The largest absolute Gasteiger partial charge is 0.497 e. The molecule has 132 valence electrons. The molecule has 0 radical (unpaired) electrons. The molecule has 5 heteroatoms. The summed E-state index contributed by atoms with van der Waals surface area (Å²) in [5, 5.41) is 23.0. The first kappa shape index (κ1) is 13.3. The predicted molar refractivity (Wildman–Crippen MR) is 96.5 cm³/mol. The van der Waals surface area contributed by atoms with Crippen molar-refractivity contribution >= 4 is 10.9 Å². The summed E-state index contributed by atoms with van der Waals surface area (Å²) >= 11 is 0. The van der Waals surface area contributed by atoms with Gasteiger partial charge in [-0.05, 0) is 55.1 Å². The lowest BCUT2D eigenvalue weighted by atomic mass is 9.71. The minimum atomic E-state index is -1.49. The van der Waals surface area contributed by atoms with Crippen LogP contribution in [0.1, 0.15) is 28.6 Å². The number of pyridine rings is 1. The molecule has 3 aliphatic heterocycles. The van der Waals surface area contributed by atoms with Gasteiger partial charge in [-0.15, -0.1) is 6.53 Å². The van der Waals surface area contributed by atoms with Crippen molar-refractivity contribution in [2.45, 2.75) is 30.6 Å². The highest BCUT2D eigenvalue weighted by atomic mass is 16.5. The number of aliphatic hydroxyl groups is 2. The molecule has 0 saturated carbocycles. The average Bonchev–Trinajstić information content (AvgIpc) is 2.72. The predicted octanol–water partition coefficient (Wildman–Crippen LogP) is 2.29. The van der Waals surface area contributed by atoms with Gasteiger partial charge in [-0.25, -0.2) is 0 Å². The maximum absolute atomic E-state index is 11.2. The van der Waals surface area contributed by atoms with E-state index in [1.165, 1.54) is 0 Å². The second-order valence-electron chi connectivity index (χ2n) is 7.04. The van der Waals surface area contributed by atoms with Crippen molar-refractivity contribution in [2.75, 3.05) is 20.2 Å². The molecule has 0 spiro atoms. The molecule has 1 aromatic carbocycles. The van der Waals surface area contributed by atoms with Crippen molar-refractivity contribution in [1.29, 1.82) is 0 Å². The lowest BCUT2D eigenvalue weighted by molar-refractivity contribution is -0.127. The molecule has 25 heavy (non-hydrogen) atoms. The first-order valence-corrected chi connectivity index (χ1v) is 8.57. The van der Waals surface area contributed by atoms with Crippen LogP contribution in [0.4, 0.5) is 0 Å². The number of hydrogen-bond donors (Lipinski definition) is 2. The summed E-state index contributed by atoms with van der Waals surface area (Å²) in [6.45, 7) is 0.214. The summed E-state index contributed by atoms with van der Waals surface area (Å²) in [5.74, 6) is 0.439. The summed E-state index contributed by atoms with van der Waals surface area (Å²) in [6.07, 6.45) is 2.08. The van der Waals surface area contributed by atoms with Gasteiger partial charge in [0.05, 0.1) is 28.4 Å². The van der Waals surface area contributed by atoms with E-state index in [4.69, 9.17) is 8.85 Å². The molecule has 3 fully saturated rings. The number of rotatable bonds is 4. The quantitative estimate of drug-likeness (QED) is 0.834. The van der Waals surface area contributed by atoms with Crippen LogP contribution in [0.3, 0.4) is 0 Å². The SMILES string of the molecule is [2H]C([2H])=C([2H])[C@]1(O)CN2CCC1C[C@H]2[C@@H](O)c1ccnc2ccc(OC)cc12. The molecule has 5 atom stereocenters. The Morgan fingerprint density at radius 1 is 1.56 bits per heavy atom. The van der Waals surface area contributed by atoms with Gasteiger partial charge in [0.25, 0.3) is 0 Å². The van der Waals surface area contributed by atoms with E-state index in [-0.39, 0.29) is 24.6 Å². The molecule has 2 unspecified atom stereocenters. The second kappa shape index (κ2) is 6.09. The van der Waals surface area contributed by atoms with Gasteiger partial charge in [0, 0.05) is 24.2 Å². The first-order valence-electron chi connectivity index (χ1n) is 10.1. The van der Waals surface area contributed by atoms with Crippen molar-refractivity contribution in [3.05, 3.63) is 48.6 Å². The van der Waals surface area contributed by atoms with Crippen molar-refractivity contribution in [3.8, 4) is 5.75 Å². The van der Waals surface area contributed by atoms with E-state index in [2.05, 4.69) is 4.98 Å². The highest BCUT2D eigenvalue weighted by molar-refractivity contribution is 5.83. The van der Waals surface area contributed by atoms with Crippen LogP contribution >= 0.6 is 0 Å². The van der Waals surface area contributed by atoms with E-state index in [1.54, 1.807) is 13.3 Å². The third-order valence-electron chi connectivity index (χ3n) is 5.76. The number of methoxy groups -OCH3 is 1. The fourth-order valence-corrected chi connectivity index (χ4v) is 4.32. The van der Waals surface area contributed by atoms with Crippen LogP contribution < -0.4 is 4.74 Å². The van der Waals surface area contributed by atoms with Crippen molar-refractivity contribution in [3.63, 3.8) is 0 Å². The zero-order valence-electron chi connectivity index (χ0n) is 17.1. The van der Waals surface area contributed by atoms with Crippen LogP contribution in [-0.2, 0) is 0 Å². The maximum atomic E-state index is 11.2. The zero-order chi connectivity index (χ0) is 20.1. The van der Waals surface area contributed by atoms with Gasteiger partial charge in [-0.1, -0.05) is 6.05 Å². The fourth-order valence-electron chi connectivity index (χ4n) is 4.32. The zero-order valence-corrected chi connectivity index (χ0v) is 14.1. The summed E-state index contributed by atoms with van der Waals surface area (Å²) in [4.78, 5) is 6.35. The topological polar surface area (TPSA) is 65.8 Å². The second-order valence-corrected chi connectivity index (χ2v) is 7.04. The van der Waals surface area contributed by atoms with E-state index in [0.717, 1.165) is 16.5 Å². The van der Waals surface area contributed by atoms with Gasteiger partial charge in [-0.3, -0.25) is 9.88 Å². The molecule has 2 bridgehead atoms. The molecular formula is C20H24N2O3. The standard InChI is InChI=1S/C20H24N2O3/c1-3-20(24)12-22-9-7-13(20)10-18(22)19(23)15-6-8-21-17-5-4-14(25-2)11-16(15)17/h3-6,8,11,13,18-19,23-24H,1,7,9-10,12H2,2H3/t13?,18-,19-,20-/m0/s1/i1D2,3D. The number of nitrogens with zero attached hydrogens (tertiary/aromatic N) is 2. The Hall–Kier alpha value is -1.95. The lowest BCUT2D eigenvalue weighted by Gasteiger charge is -2.54. The Bertz CT molecular complexity index is 934. The van der Waals surface area contributed by atoms with E-state index >= 15 is 0 Å². The minimum Gasteiger partial charge on any atom is -0.497 e. The molecule has 3 aliphatic rings. The molecule has 5 rings (SSSR count). The van der Waals surface area contributed by atoms with E-state index in [1.807, 2.05) is 29.2 Å². The molecular weight excluding hydrogens is 316 g/mol. The Balaban J connectivity index is 1.67. The molecule has 1 aromatic heterocycles. The monoisotopic (exact) mass is 343 g/mol. The minimum absolute atomic E-state index is 0.159. The van der Waals surface area contributed by atoms with Crippen LogP contribution in [0, 0.1) is 5.92 Å². The number of hydrogen-bond acceptors (Lipinski definition) is 5. The Kier molecular flexibility index (Phi) is 3.24. The van der Waals surface area contributed by atoms with Crippen molar-refractivity contribution in [2.24, 2.45) is 5.92 Å². The van der Waals surface area contributed by atoms with Crippen LogP contribution in [-0.4, -0.2) is 51.9 Å². The number of benzene rings is 1. The molecule has 3 saturated heterocycles. The van der Waals surface area contributed by atoms with Gasteiger partial charge in [0.15, 0.2) is 0 Å². The fraction of sp³-hybridized carbons (Fsp3) is 0.450. The number of aliphatic hydroxyl groups excluding tert-OH is 1. The highest BCUT2D eigenvalue weighted by Gasteiger charge is 2.49. The summed E-state index contributed by atoms with van der Waals surface area (Å²) in [5.41, 5.74) is 0.0409. The third kappa shape index (κ3) is 2.63. The molecule has 4 heterocycles. The molecule has 5 nitrogen and oxygen atoms in total. The maximum Gasteiger partial charge on any atom is 0.119 e. The number of piperidine rings is 3. The van der Waals surface area contributed by atoms with E-state index in [0.29, 0.717) is 25.1 Å². The lowest BCUT2D eigenvalue weighted by Crippen LogP contribution is -2.63. The normalized spacial score (nSPS) is 34.0. The highest BCUT2D eigenvalue weighted by Crippen LogP contribution is 2.44. The van der Waals surface area contributed by atoms with Gasteiger partial charge < -0.3 is 14.9 Å². The van der Waals surface area contributed by atoms with Crippen molar-refractivity contribution < 1.29 is 19.1 Å². The van der Waals surface area contributed by atoms with Crippen LogP contribution in [0.5, 0.6) is 5.75 Å². The van der Waals surface area contributed by atoms with Gasteiger partial charge >= 0.3 is 0 Å². The van der Waals surface area contributed by atoms with Gasteiger partial charge in [-0.2, -0.15) is 0 Å². The van der Waals surface area contributed by atoms with Crippen LogP contribution in [0.25, 0.3) is 10.9 Å². The smallest absolute Gasteiger partial charge is 0.119 e. The van der Waals surface area contributed by atoms with Crippen molar-refractivity contribution in [1.82, 2.24) is 9.88 Å². The molecule has 0 amide bonds. The number of aromatic nitrogens is 1. The average molecular weight is 343 g/mol. The molecule has 0 aliphatic carbocycles. The van der Waals surface area contributed by atoms with Gasteiger partial charge in [0.1, 0.15) is 5.75 Å². The summed E-state index contributed by atoms with van der Waals surface area (Å²) in [6, 6.07) is 6.82. The van der Waals surface area contributed by atoms with Gasteiger partial charge in [0.2, 0.25) is 0 Å². The first-order chi connectivity index (χ1) is 13.3. The van der Waals surface area contributed by atoms with E-state index in [9.17, 15) is 10.2 Å². The summed E-state index contributed by atoms with van der Waals surface area (Å²) < 4.78 is 28.2. The number of fused-ring (bicyclic) bond motifs is 4. The Labute approximate surface area is 151 Å². The Morgan fingerprint density at radius 2 is 2.44 bits per heavy atom. The molecule has 2 aromatic rings. The van der Waals surface area contributed by atoms with Crippen LogP contribution in [0.15, 0.2) is 43.0 Å². The number of ether oxygens (including phenoxy) is 1. The summed E-state index contributed by atoms with van der Waals surface area (Å²) in [7, 11) is 1.60. The van der Waals surface area contributed by atoms with E-state index < -0.39 is 18.2 Å². The Morgan fingerprint density at radius 3 is 3.16 bits per heavy atom.